The van der Waals surface area contributed by atoms with E-state index in [1.165, 1.54) is 11.6 Å². The van der Waals surface area contributed by atoms with Crippen molar-refractivity contribution >= 4 is 45.8 Å². The number of benzene rings is 2. The first-order valence-electron chi connectivity index (χ1n) is 10.2. The molecule has 0 atom stereocenters. The number of para-hydroxylation sites is 1. The van der Waals surface area contributed by atoms with Crippen LogP contribution in [0, 0.1) is 0 Å². The quantitative estimate of drug-likeness (QED) is 0.310. The van der Waals surface area contributed by atoms with E-state index in [-0.39, 0.29) is 5.65 Å². The van der Waals surface area contributed by atoms with Crippen LogP contribution < -0.4 is 16.7 Å². The van der Waals surface area contributed by atoms with Crippen LogP contribution in [0.25, 0.3) is 22.1 Å². The highest BCUT2D eigenvalue weighted by molar-refractivity contribution is 6.30. The molecule has 0 radical (unpaired) electrons. The smallest absolute Gasteiger partial charge is 0.332 e. The number of imidazole rings is 1. The first kappa shape index (κ1) is 20.8. The molecule has 0 aliphatic carbocycles. The van der Waals surface area contributed by atoms with Gasteiger partial charge in [0.1, 0.15) is 0 Å². The molecule has 5 rings (SSSR count). The Morgan fingerprint density at radius 3 is 2.64 bits per heavy atom. The van der Waals surface area contributed by atoms with Crippen LogP contribution in [0.2, 0.25) is 5.02 Å². The van der Waals surface area contributed by atoms with Gasteiger partial charge in [0.05, 0.1) is 12.8 Å². The van der Waals surface area contributed by atoms with Gasteiger partial charge in [-0.15, -0.1) is 0 Å². The number of aryl methyl sites for hydroxylation is 1. The van der Waals surface area contributed by atoms with Crippen molar-refractivity contribution in [3.63, 3.8) is 0 Å². The van der Waals surface area contributed by atoms with Crippen molar-refractivity contribution in [1.82, 2.24) is 23.7 Å². The Morgan fingerprint density at radius 2 is 1.85 bits per heavy atom. The van der Waals surface area contributed by atoms with E-state index in [0.29, 0.717) is 23.0 Å². The minimum absolute atomic E-state index is 0.279. The molecule has 5 aromatic rings. The summed E-state index contributed by atoms with van der Waals surface area (Å²) in [7, 11) is 3.04. The molecule has 0 saturated heterocycles. The summed E-state index contributed by atoms with van der Waals surface area (Å²) in [5.41, 5.74) is 5.48. The van der Waals surface area contributed by atoms with Gasteiger partial charge in [0.2, 0.25) is 5.95 Å². The number of anilines is 1. The average molecular weight is 462 g/mol. The second-order valence-corrected chi connectivity index (χ2v) is 8.12. The fraction of sp³-hybridized carbons (Fsp3) is 0.130. The fourth-order valence-corrected chi connectivity index (χ4v) is 3.94. The normalized spacial score (nSPS) is 11.7. The Labute approximate surface area is 192 Å². The lowest BCUT2D eigenvalue weighted by atomic mass is 10.2. The highest BCUT2D eigenvalue weighted by atomic mass is 35.5. The van der Waals surface area contributed by atoms with Crippen LogP contribution in [-0.4, -0.2) is 29.9 Å². The third kappa shape index (κ3) is 3.62. The SMILES string of the molecule is Cn1c(=O)c2c(nc(N/N=C\c3c[nH]c4ccccc34)n2Cc2ccc(Cl)cc2)n(C)c1=O. The molecule has 0 unspecified atom stereocenters. The van der Waals surface area contributed by atoms with E-state index < -0.39 is 11.2 Å². The Morgan fingerprint density at radius 1 is 1.09 bits per heavy atom. The molecule has 10 heteroatoms. The van der Waals surface area contributed by atoms with Crippen LogP contribution in [0.1, 0.15) is 11.1 Å². The van der Waals surface area contributed by atoms with Crippen molar-refractivity contribution < 1.29 is 0 Å². The summed E-state index contributed by atoms with van der Waals surface area (Å²) in [6.07, 6.45) is 3.55. The predicted octanol–water partition coefficient (Wildman–Crippen LogP) is 3.06. The zero-order valence-electron chi connectivity index (χ0n) is 17.9. The zero-order valence-corrected chi connectivity index (χ0v) is 18.7. The van der Waals surface area contributed by atoms with Crippen LogP contribution in [0.3, 0.4) is 0 Å². The minimum Gasteiger partial charge on any atom is -0.361 e. The van der Waals surface area contributed by atoms with Crippen molar-refractivity contribution in [2.24, 2.45) is 19.2 Å². The first-order valence-corrected chi connectivity index (χ1v) is 10.6. The van der Waals surface area contributed by atoms with Crippen LogP contribution in [0.4, 0.5) is 5.95 Å². The lowest BCUT2D eigenvalue weighted by molar-refractivity contribution is 0.702. The summed E-state index contributed by atoms with van der Waals surface area (Å²) < 4.78 is 4.14. The Hall–Kier alpha value is -4.11. The molecule has 0 saturated carbocycles. The van der Waals surface area contributed by atoms with Gasteiger partial charge in [0.15, 0.2) is 11.2 Å². The second kappa shape index (κ2) is 8.10. The minimum atomic E-state index is -0.447. The van der Waals surface area contributed by atoms with Gasteiger partial charge in [-0.25, -0.2) is 10.2 Å². The summed E-state index contributed by atoms with van der Waals surface area (Å²) in [5, 5.41) is 6.01. The molecule has 33 heavy (non-hydrogen) atoms. The van der Waals surface area contributed by atoms with Crippen molar-refractivity contribution in [2.75, 3.05) is 5.43 Å². The summed E-state index contributed by atoms with van der Waals surface area (Å²) in [6.45, 7) is 0.339. The molecule has 0 bridgehead atoms. The molecule has 2 N–H and O–H groups in total. The topological polar surface area (TPSA) is 102 Å². The maximum absolute atomic E-state index is 13.0. The van der Waals surface area contributed by atoms with Gasteiger partial charge in [-0.3, -0.25) is 18.5 Å². The molecule has 0 amide bonds. The fourth-order valence-electron chi connectivity index (χ4n) is 3.82. The number of halogens is 1. The number of fused-ring (bicyclic) bond motifs is 2. The molecule has 2 aromatic carbocycles. The van der Waals surface area contributed by atoms with Gasteiger partial charge < -0.3 is 4.98 Å². The summed E-state index contributed by atoms with van der Waals surface area (Å²) in [5.74, 6) is 0.342. The first-order chi connectivity index (χ1) is 15.9. The largest absolute Gasteiger partial charge is 0.361 e. The van der Waals surface area contributed by atoms with E-state index in [2.05, 4.69) is 20.5 Å². The van der Waals surface area contributed by atoms with Crippen molar-refractivity contribution in [3.8, 4) is 0 Å². The summed E-state index contributed by atoms with van der Waals surface area (Å²) >= 11 is 6.02. The Kier molecular flexibility index (Phi) is 5.10. The van der Waals surface area contributed by atoms with Gasteiger partial charge in [-0.1, -0.05) is 41.9 Å². The molecular formula is C23H20ClN7O2. The molecule has 166 valence electrons. The third-order valence-electron chi connectivity index (χ3n) is 5.59. The zero-order chi connectivity index (χ0) is 23.1. The molecule has 3 aromatic heterocycles. The highest BCUT2D eigenvalue weighted by Gasteiger charge is 2.19. The third-order valence-corrected chi connectivity index (χ3v) is 5.84. The molecule has 3 heterocycles. The van der Waals surface area contributed by atoms with E-state index in [9.17, 15) is 9.59 Å². The van der Waals surface area contributed by atoms with E-state index in [1.54, 1.807) is 30.0 Å². The number of rotatable bonds is 5. The summed E-state index contributed by atoms with van der Waals surface area (Å²) in [4.78, 5) is 33.1. The molecule has 0 aliphatic rings. The lowest BCUT2D eigenvalue weighted by Gasteiger charge is -2.09. The van der Waals surface area contributed by atoms with E-state index in [4.69, 9.17) is 11.6 Å². The maximum Gasteiger partial charge on any atom is 0.332 e. The number of hydrazone groups is 1. The van der Waals surface area contributed by atoms with Gasteiger partial charge in [-0.05, 0) is 23.8 Å². The monoisotopic (exact) mass is 461 g/mol. The van der Waals surface area contributed by atoms with Gasteiger partial charge in [-0.2, -0.15) is 10.1 Å². The number of hydrogen-bond acceptors (Lipinski definition) is 5. The van der Waals surface area contributed by atoms with Crippen LogP contribution in [-0.2, 0) is 20.6 Å². The Balaban J connectivity index is 1.60. The van der Waals surface area contributed by atoms with Crippen molar-refractivity contribution in [1.29, 1.82) is 0 Å². The number of H-pyrrole nitrogens is 1. The van der Waals surface area contributed by atoms with Crippen molar-refractivity contribution in [2.45, 2.75) is 6.54 Å². The summed E-state index contributed by atoms with van der Waals surface area (Å²) in [6, 6.07) is 15.2. The number of nitrogens with zero attached hydrogens (tertiary/aromatic N) is 5. The average Bonchev–Trinajstić information content (AvgIpc) is 3.40. The van der Waals surface area contributed by atoms with Crippen LogP contribution >= 0.6 is 11.6 Å². The Bertz CT molecular complexity index is 1640. The predicted molar refractivity (Wildman–Crippen MR) is 130 cm³/mol. The van der Waals surface area contributed by atoms with Gasteiger partial charge in [0, 0.05) is 41.8 Å². The van der Waals surface area contributed by atoms with Gasteiger partial charge >= 0.3 is 5.69 Å². The second-order valence-electron chi connectivity index (χ2n) is 7.69. The molecule has 9 nitrogen and oxygen atoms in total. The van der Waals surface area contributed by atoms with E-state index in [1.807, 2.05) is 42.6 Å². The van der Waals surface area contributed by atoms with Crippen LogP contribution in [0.5, 0.6) is 0 Å². The molecule has 0 fully saturated rings. The number of nitrogens with one attached hydrogen (secondary N) is 2. The van der Waals surface area contributed by atoms with Crippen molar-refractivity contribution in [3.05, 3.63) is 91.7 Å². The number of aromatic nitrogens is 5. The lowest BCUT2D eigenvalue weighted by Crippen LogP contribution is -2.37. The number of hydrogen-bond donors (Lipinski definition) is 2. The highest BCUT2D eigenvalue weighted by Crippen LogP contribution is 2.20. The molecular weight excluding hydrogens is 442 g/mol. The van der Waals surface area contributed by atoms with E-state index >= 15 is 0 Å². The van der Waals surface area contributed by atoms with E-state index in [0.717, 1.165) is 26.6 Å². The molecule has 0 spiro atoms. The standard InChI is InChI=1S/C23H20ClN7O2/c1-29-20-19(21(32)30(2)23(29)33)31(13-14-7-9-16(24)10-8-14)22(27-20)28-26-12-15-11-25-18-6-4-3-5-17(15)18/h3-12,25H,13H2,1-2H3,(H,27,28)/b26-12-. The maximum atomic E-state index is 13.0. The van der Waals surface area contributed by atoms with Gasteiger partial charge in [0.25, 0.3) is 5.56 Å². The van der Waals surface area contributed by atoms with Crippen LogP contribution in [0.15, 0.2) is 69.4 Å². The number of aromatic amines is 1. The molecule has 0 aliphatic heterocycles.